The van der Waals surface area contributed by atoms with Crippen LogP contribution in [0.15, 0.2) is 36.4 Å². The third-order valence-corrected chi connectivity index (χ3v) is 6.41. The number of methoxy groups -OCH3 is 1. The van der Waals surface area contributed by atoms with Crippen molar-refractivity contribution in [2.75, 3.05) is 13.7 Å². The summed E-state index contributed by atoms with van der Waals surface area (Å²) in [6.45, 7) is 6.29. The molecule has 1 N–H and O–H groups in total. The number of hydrogen-bond donors (Lipinski definition) is 1. The highest BCUT2D eigenvalue weighted by Gasteiger charge is 2.29. The molecule has 4 rings (SSSR count). The Morgan fingerprint density at radius 2 is 1.87 bits per heavy atom. The lowest BCUT2D eigenvalue weighted by Crippen LogP contribution is -2.34. The summed E-state index contributed by atoms with van der Waals surface area (Å²) in [5, 5.41) is 2.84. The molecule has 1 aliphatic heterocycles. The Balaban J connectivity index is 1.45. The zero-order valence-electron chi connectivity index (χ0n) is 18.2. The van der Waals surface area contributed by atoms with E-state index < -0.39 is 0 Å². The average molecular weight is 409 g/mol. The van der Waals surface area contributed by atoms with Crippen LogP contribution in [0.3, 0.4) is 0 Å². The second-order valence-electron chi connectivity index (χ2n) is 8.46. The van der Waals surface area contributed by atoms with E-state index in [0.717, 1.165) is 49.4 Å². The number of nitrogens with one attached hydrogen (secondary N) is 1. The Morgan fingerprint density at radius 3 is 2.50 bits per heavy atom. The summed E-state index contributed by atoms with van der Waals surface area (Å²) in [6.07, 6.45) is 4.87. The van der Waals surface area contributed by atoms with Crippen LogP contribution in [0.2, 0.25) is 0 Å². The first-order chi connectivity index (χ1) is 14.5. The van der Waals surface area contributed by atoms with Gasteiger partial charge in [0.1, 0.15) is 0 Å². The van der Waals surface area contributed by atoms with Crippen LogP contribution in [0.5, 0.6) is 11.5 Å². The van der Waals surface area contributed by atoms with Crippen molar-refractivity contribution in [3.05, 3.63) is 58.7 Å². The summed E-state index contributed by atoms with van der Waals surface area (Å²) < 4.78 is 12.0. The summed E-state index contributed by atoms with van der Waals surface area (Å²) in [5.74, 6) is 1.82. The van der Waals surface area contributed by atoms with Crippen LogP contribution in [-0.2, 0) is 24.3 Å². The maximum atomic E-state index is 11.1. The zero-order chi connectivity index (χ0) is 21.1. The van der Waals surface area contributed by atoms with Crippen molar-refractivity contribution in [3.63, 3.8) is 0 Å². The molecular weight excluding hydrogens is 376 g/mol. The molecule has 1 heterocycles. The number of nitrogens with zero attached hydrogens (tertiary/aromatic N) is 1. The minimum atomic E-state index is -0.00319. The first-order valence-electron chi connectivity index (χ1n) is 11.0. The molecule has 5 heteroatoms. The largest absolute Gasteiger partial charge is 0.493 e. The van der Waals surface area contributed by atoms with Gasteiger partial charge in [0.25, 0.3) is 0 Å². The maximum absolute atomic E-state index is 11.1. The number of ether oxygens (including phenoxy) is 2. The molecule has 0 spiro atoms. The van der Waals surface area contributed by atoms with Crippen molar-refractivity contribution < 1.29 is 14.3 Å². The van der Waals surface area contributed by atoms with Crippen molar-refractivity contribution in [1.82, 2.24) is 10.2 Å². The monoisotopic (exact) mass is 408 g/mol. The lowest BCUT2D eigenvalue weighted by Gasteiger charge is -2.37. The molecule has 0 aromatic heterocycles. The van der Waals surface area contributed by atoms with Gasteiger partial charge < -0.3 is 14.8 Å². The van der Waals surface area contributed by atoms with Gasteiger partial charge in [0.15, 0.2) is 11.5 Å². The third-order valence-electron chi connectivity index (χ3n) is 6.41. The van der Waals surface area contributed by atoms with Gasteiger partial charge in [-0.15, -0.1) is 0 Å². The summed E-state index contributed by atoms with van der Waals surface area (Å²) in [5.41, 5.74) is 5.04. The minimum Gasteiger partial charge on any atom is -0.493 e. The maximum Gasteiger partial charge on any atom is 0.217 e. The fourth-order valence-electron chi connectivity index (χ4n) is 4.34. The zero-order valence-corrected chi connectivity index (χ0v) is 18.2. The number of carbonyl (C=O) groups is 1. The van der Waals surface area contributed by atoms with E-state index in [1.54, 1.807) is 14.0 Å². The molecule has 1 fully saturated rings. The Morgan fingerprint density at radius 1 is 1.13 bits per heavy atom. The molecule has 2 aliphatic rings. The standard InChI is InChI=1S/C25H32N2O3/c1-17-22-11-12-24(30-21-5-4-6-21)25(29-3)23(22)13-14-27(17)16-20-9-7-19(8-10-20)15-26-18(2)28/h7-12,17,21H,4-6,13-16H2,1-3H3,(H,26,28). The number of rotatable bonds is 7. The van der Waals surface area contributed by atoms with Crippen molar-refractivity contribution in [2.45, 2.75) is 64.8 Å². The number of hydrogen-bond acceptors (Lipinski definition) is 4. The predicted molar refractivity (Wildman–Crippen MR) is 118 cm³/mol. The number of benzene rings is 2. The summed E-state index contributed by atoms with van der Waals surface area (Å²) in [7, 11) is 1.75. The highest BCUT2D eigenvalue weighted by Crippen LogP contribution is 2.42. The van der Waals surface area contributed by atoms with Crippen LogP contribution >= 0.6 is 0 Å². The van der Waals surface area contributed by atoms with E-state index in [9.17, 15) is 4.79 Å². The second-order valence-corrected chi connectivity index (χ2v) is 8.46. The van der Waals surface area contributed by atoms with Crippen LogP contribution in [0.4, 0.5) is 0 Å². The molecule has 2 aromatic carbocycles. The highest BCUT2D eigenvalue weighted by molar-refractivity contribution is 5.72. The molecule has 1 unspecified atom stereocenters. The molecule has 0 saturated heterocycles. The van der Waals surface area contributed by atoms with Crippen LogP contribution in [0.1, 0.15) is 61.4 Å². The Bertz CT molecular complexity index is 890. The van der Waals surface area contributed by atoms with Gasteiger partial charge in [-0.3, -0.25) is 9.69 Å². The highest BCUT2D eigenvalue weighted by atomic mass is 16.5. The molecule has 5 nitrogen and oxygen atoms in total. The van der Waals surface area contributed by atoms with Gasteiger partial charge in [0.05, 0.1) is 13.2 Å². The number of fused-ring (bicyclic) bond motifs is 1. The van der Waals surface area contributed by atoms with Gasteiger partial charge in [-0.25, -0.2) is 0 Å². The third kappa shape index (κ3) is 4.46. The van der Waals surface area contributed by atoms with Crippen molar-refractivity contribution in [3.8, 4) is 11.5 Å². The van der Waals surface area contributed by atoms with Crippen molar-refractivity contribution in [2.24, 2.45) is 0 Å². The fourth-order valence-corrected chi connectivity index (χ4v) is 4.34. The lowest BCUT2D eigenvalue weighted by molar-refractivity contribution is -0.119. The van der Waals surface area contributed by atoms with Crippen LogP contribution in [-0.4, -0.2) is 30.6 Å². The first kappa shape index (κ1) is 20.7. The normalized spacial score (nSPS) is 19.0. The minimum absolute atomic E-state index is 0.00319. The van der Waals surface area contributed by atoms with Gasteiger partial charge in [-0.1, -0.05) is 30.3 Å². The van der Waals surface area contributed by atoms with Gasteiger partial charge in [-0.05, 0) is 55.4 Å². The molecule has 1 amide bonds. The molecule has 1 aliphatic carbocycles. The smallest absolute Gasteiger partial charge is 0.217 e. The number of amides is 1. The van der Waals surface area contributed by atoms with E-state index in [2.05, 4.69) is 53.5 Å². The fraction of sp³-hybridized carbons (Fsp3) is 0.480. The van der Waals surface area contributed by atoms with E-state index in [4.69, 9.17) is 9.47 Å². The van der Waals surface area contributed by atoms with E-state index >= 15 is 0 Å². The SMILES string of the molecule is COc1c(OC2CCC2)ccc2c1CCN(Cc1ccc(CNC(C)=O)cc1)C2C. The van der Waals surface area contributed by atoms with Crippen LogP contribution in [0.25, 0.3) is 0 Å². The van der Waals surface area contributed by atoms with Crippen molar-refractivity contribution >= 4 is 5.91 Å². The van der Waals surface area contributed by atoms with Gasteiger partial charge in [-0.2, -0.15) is 0 Å². The van der Waals surface area contributed by atoms with Crippen LogP contribution in [0, 0.1) is 0 Å². The van der Waals surface area contributed by atoms with E-state index in [0.29, 0.717) is 18.7 Å². The molecule has 1 saturated carbocycles. The predicted octanol–water partition coefficient (Wildman–Crippen LogP) is 4.38. The average Bonchev–Trinajstić information content (AvgIpc) is 2.71. The van der Waals surface area contributed by atoms with Crippen molar-refractivity contribution in [1.29, 1.82) is 0 Å². The quantitative estimate of drug-likeness (QED) is 0.739. The number of carbonyl (C=O) groups excluding carboxylic acids is 1. The molecule has 1 atom stereocenters. The molecule has 30 heavy (non-hydrogen) atoms. The first-order valence-corrected chi connectivity index (χ1v) is 11.0. The van der Waals surface area contributed by atoms with Gasteiger partial charge in [0, 0.05) is 38.2 Å². The second kappa shape index (κ2) is 9.09. The van der Waals surface area contributed by atoms with E-state index in [1.165, 1.54) is 23.1 Å². The molecule has 0 radical (unpaired) electrons. The molecule has 0 bridgehead atoms. The lowest BCUT2D eigenvalue weighted by atomic mass is 9.91. The molecule has 160 valence electrons. The molecule has 2 aromatic rings. The van der Waals surface area contributed by atoms with E-state index in [1.807, 2.05) is 0 Å². The van der Waals surface area contributed by atoms with Gasteiger partial charge >= 0.3 is 0 Å². The van der Waals surface area contributed by atoms with Crippen LogP contribution < -0.4 is 14.8 Å². The molecular formula is C25H32N2O3. The van der Waals surface area contributed by atoms with E-state index in [-0.39, 0.29) is 5.91 Å². The Kier molecular flexibility index (Phi) is 6.28. The Hall–Kier alpha value is -2.53. The van der Waals surface area contributed by atoms with Gasteiger partial charge in [0.2, 0.25) is 5.91 Å². The topological polar surface area (TPSA) is 50.8 Å². The Labute approximate surface area is 179 Å². The summed E-state index contributed by atoms with van der Waals surface area (Å²) in [6, 6.07) is 13.2. The summed E-state index contributed by atoms with van der Waals surface area (Å²) in [4.78, 5) is 13.6. The summed E-state index contributed by atoms with van der Waals surface area (Å²) >= 11 is 0.